The Hall–Kier alpha value is -6.45. The minimum atomic E-state index is -0.0780. The van der Waals surface area contributed by atoms with Gasteiger partial charge in [-0.1, -0.05) is 158 Å². The molecule has 240 valence electrons. The summed E-state index contributed by atoms with van der Waals surface area (Å²) in [5, 5.41) is 3.64. The number of pyridine rings is 1. The highest BCUT2D eigenvalue weighted by Gasteiger charge is 2.18. The van der Waals surface area contributed by atoms with Crippen LogP contribution in [0.1, 0.15) is 28.2 Å². The average molecular weight is 644 g/mol. The fourth-order valence-electron chi connectivity index (χ4n) is 6.84. The molecule has 8 rings (SSSR count). The van der Waals surface area contributed by atoms with Gasteiger partial charge in [-0.3, -0.25) is 4.98 Å². The van der Waals surface area contributed by atoms with Crippen molar-refractivity contribution in [3.63, 3.8) is 0 Å². The topological polar surface area (TPSA) is 50.9 Å². The molecule has 0 saturated heterocycles. The van der Waals surface area contributed by atoms with Crippen LogP contribution in [0.25, 0.3) is 56.3 Å². The summed E-state index contributed by atoms with van der Waals surface area (Å²) < 4.78 is 0. The van der Waals surface area contributed by atoms with E-state index < -0.39 is 0 Å². The van der Waals surface area contributed by atoms with Crippen LogP contribution in [-0.4, -0.2) is 11.5 Å². The lowest BCUT2D eigenvalue weighted by Gasteiger charge is -2.21. The summed E-state index contributed by atoms with van der Waals surface area (Å²) in [6.07, 6.45) is 10.3. The molecule has 1 aliphatic heterocycles. The number of hydrogen-bond acceptors (Lipinski definition) is 3. The number of nitrogens with two attached hydrogens (primary N) is 1. The van der Waals surface area contributed by atoms with Crippen molar-refractivity contribution in [3.05, 3.63) is 205 Å². The van der Waals surface area contributed by atoms with Gasteiger partial charge >= 0.3 is 0 Å². The lowest BCUT2D eigenvalue weighted by atomic mass is 9.85. The SMILES string of the molecule is N/C(=C\C(c1ccccc1)c1cc(-c2ccc(-c3cccnc3)cc2)cc(-c2cccc3c2NCC=C3)c1)c1ccc(-c2ccccc2)cc1. The zero-order chi connectivity index (χ0) is 33.7. The summed E-state index contributed by atoms with van der Waals surface area (Å²) in [5.74, 6) is -0.0780. The summed E-state index contributed by atoms with van der Waals surface area (Å²) >= 11 is 0. The van der Waals surface area contributed by atoms with E-state index in [1.807, 2.05) is 24.5 Å². The van der Waals surface area contributed by atoms with Crippen LogP contribution in [0.5, 0.6) is 0 Å². The van der Waals surface area contributed by atoms with Gasteiger partial charge in [-0.2, -0.15) is 0 Å². The summed E-state index contributed by atoms with van der Waals surface area (Å²) in [6, 6.07) is 56.0. The van der Waals surface area contributed by atoms with Crippen LogP contribution in [-0.2, 0) is 0 Å². The molecule has 0 radical (unpaired) electrons. The van der Waals surface area contributed by atoms with Gasteiger partial charge in [0.2, 0.25) is 0 Å². The molecule has 1 atom stereocenters. The molecule has 1 unspecified atom stereocenters. The van der Waals surface area contributed by atoms with Gasteiger partial charge in [-0.15, -0.1) is 0 Å². The van der Waals surface area contributed by atoms with E-state index >= 15 is 0 Å². The van der Waals surface area contributed by atoms with Crippen molar-refractivity contribution in [2.24, 2.45) is 5.73 Å². The molecule has 0 amide bonds. The molecule has 0 bridgehead atoms. The Morgan fingerprint density at radius 3 is 1.96 bits per heavy atom. The molecule has 3 heteroatoms. The maximum Gasteiger partial charge on any atom is 0.0495 e. The maximum absolute atomic E-state index is 6.96. The number of allylic oxidation sites excluding steroid dienone is 1. The first-order valence-electron chi connectivity index (χ1n) is 17.1. The van der Waals surface area contributed by atoms with E-state index in [9.17, 15) is 0 Å². The van der Waals surface area contributed by atoms with E-state index in [2.05, 4.69) is 174 Å². The van der Waals surface area contributed by atoms with Crippen molar-refractivity contribution in [2.75, 3.05) is 11.9 Å². The third-order valence-electron chi connectivity index (χ3n) is 9.46. The largest absolute Gasteiger partial charge is 0.398 e. The van der Waals surface area contributed by atoms with Crippen molar-refractivity contribution < 1.29 is 0 Å². The van der Waals surface area contributed by atoms with Crippen molar-refractivity contribution in [3.8, 4) is 44.5 Å². The molecular formula is C47H37N3. The number of para-hydroxylation sites is 1. The van der Waals surface area contributed by atoms with Gasteiger partial charge < -0.3 is 11.1 Å². The van der Waals surface area contributed by atoms with Crippen LogP contribution >= 0.6 is 0 Å². The van der Waals surface area contributed by atoms with E-state index in [-0.39, 0.29) is 5.92 Å². The molecule has 50 heavy (non-hydrogen) atoms. The Kier molecular flexibility index (Phi) is 8.61. The van der Waals surface area contributed by atoms with Gasteiger partial charge in [0.05, 0.1) is 0 Å². The predicted octanol–water partition coefficient (Wildman–Crippen LogP) is 11.3. The Morgan fingerprint density at radius 2 is 1.22 bits per heavy atom. The minimum Gasteiger partial charge on any atom is -0.398 e. The Bertz CT molecular complexity index is 2290. The summed E-state index contributed by atoms with van der Waals surface area (Å²) in [5.41, 5.74) is 22.7. The molecule has 1 aromatic heterocycles. The fourth-order valence-corrected chi connectivity index (χ4v) is 6.84. The lowest BCUT2D eigenvalue weighted by Crippen LogP contribution is -2.07. The van der Waals surface area contributed by atoms with Crippen molar-refractivity contribution >= 4 is 17.5 Å². The number of rotatable bonds is 8. The van der Waals surface area contributed by atoms with Gasteiger partial charge in [-0.25, -0.2) is 0 Å². The number of hydrogen-bond donors (Lipinski definition) is 2. The van der Waals surface area contributed by atoms with Gasteiger partial charge in [0.1, 0.15) is 0 Å². The molecule has 3 nitrogen and oxygen atoms in total. The van der Waals surface area contributed by atoms with Crippen LogP contribution in [0, 0.1) is 0 Å². The molecule has 0 fully saturated rings. The zero-order valence-electron chi connectivity index (χ0n) is 27.7. The average Bonchev–Trinajstić information content (AvgIpc) is 3.20. The maximum atomic E-state index is 6.96. The first kappa shape index (κ1) is 30.9. The second kappa shape index (κ2) is 14.0. The van der Waals surface area contributed by atoms with Crippen molar-refractivity contribution in [1.29, 1.82) is 0 Å². The standard InChI is InChI=1S/C47H37N3/c48-46(38-24-22-34(23-25-38)33-10-3-1-4-11-33)31-45(37-12-5-2-6-13-37)43-29-41(36-20-18-35(19-21-36)40-16-8-26-49-32-40)28-42(30-43)44-17-7-14-39-15-9-27-50-47(39)44/h1-26,28-32,45,50H,27,48H2/b46-31-. The number of anilines is 1. The molecule has 0 saturated carbocycles. The third-order valence-corrected chi connectivity index (χ3v) is 9.46. The highest BCUT2D eigenvalue weighted by atomic mass is 14.9. The molecule has 0 spiro atoms. The Balaban J connectivity index is 1.25. The highest BCUT2D eigenvalue weighted by Crippen LogP contribution is 2.40. The van der Waals surface area contributed by atoms with E-state index in [0.717, 1.165) is 51.3 Å². The normalized spacial score (nSPS) is 12.9. The Labute approximate surface area is 294 Å². The zero-order valence-corrected chi connectivity index (χ0v) is 27.7. The van der Waals surface area contributed by atoms with Crippen molar-refractivity contribution in [2.45, 2.75) is 5.92 Å². The predicted molar refractivity (Wildman–Crippen MR) is 210 cm³/mol. The second-order valence-electron chi connectivity index (χ2n) is 12.7. The number of nitrogens with zero attached hydrogens (tertiary/aromatic N) is 1. The Morgan fingerprint density at radius 1 is 0.580 bits per heavy atom. The van der Waals surface area contributed by atoms with Gasteiger partial charge in [0, 0.05) is 41.8 Å². The molecule has 6 aromatic carbocycles. The minimum absolute atomic E-state index is 0.0780. The third kappa shape index (κ3) is 6.50. The summed E-state index contributed by atoms with van der Waals surface area (Å²) in [7, 11) is 0. The highest BCUT2D eigenvalue weighted by molar-refractivity contribution is 5.88. The van der Waals surface area contributed by atoms with Crippen molar-refractivity contribution in [1.82, 2.24) is 4.98 Å². The van der Waals surface area contributed by atoms with Crippen LogP contribution in [0.3, 0.4) is 0 Å². The van der Waals surface area contributed by atoms with Crippen LogP contribution in [0.4, 0.5) is 5.69 Å². The van der Waals surface area contributed by atoms with Gasteiger partial charge in [0.15, 0.2) is 0 Å². The van der Waals surface area contributed by atoms with E-state index in [1.165, 1.54) is 33.4 Å². The molecule has 2 heterocycles. The van der Waals surface area contributed by atoms with Gasteiger partial charge in [-0.05, 0) is 79.4 Å². The summed E-state index contributed by atoms with van der Waals surface area (Å²) in [4.78, 5) is 4.32. The lowest BCUT2D eigenvalue weighted by molar-refractivity contribution is 1.03. The number of fused-ring (bicyclic) bond motifs is 1. The smallest absolute Gasteiger partial charge is 0.0495 e. The summed E-state index contributed by atoms with van der Waals surface area (Å²) in [6.45, 7) is 0.807. The monoisotopic (exact) mass is 643 g/mol. The molecular weight excluding hydrogens is 607 g/mol. The molecule has 3 N–H and O–H groups in total. The van der Waals surface area contributed by atoms with Crippen LogP contribution in [0.2, 0.25) is 0 Å². The van der Waals surface area contributed by atoms with Crippen LogP contribution in [0.15, 0.2) is 182 Å². The molecule has 1 aliphatic rings. The van der Waals surface area contributed by atoms with E-state index in [4.69, 9.17) is 5.73 Å². The molecule has 7 aromatic rings. The number of nitrogens with one attached hydrogen (secondary N) is 1. The fraction of sp³-hybridized carbons (Fsp3) is 0.0426. The quantitative estimate of drug-likeness (QED) is 0.173. The van der Waals surface area contributed by atoms with E-state index in [0.29, 0.717) is 0 Å². The second-order valence-corrected chi connectivity index (χ2v) is 12.7. The number of aromatic nitrogens is 1. The van der Waals surface area contributed by atoms with E-state index in [1.54, 1.807) is 0 Å². The van der Waals surface area contributed by atoms with Gasteiger partial charge in [0.25, 0.3) is 0 Å². The first-order valence-corrected chi connectivity index (χ1v) is 17.1. The van der Waals surface area contributed by atoms with Crippen LogP contribution < -0.4 is 11.1 Å². The number of benzene rings is 6. The molecule has 0 aliphatic carbocycles. The first-order chi connectivity index (χ1) is 24.7.